The number of ether oxygens (including phenoxy) is 1. The van der Waals surface area contributed by atoms with Gasteiger partial charge in [0.25, 0.3) is 5.91 Å². The minimum Gasteiger partial charge on any atom is -0.378 e. The summed E-state index contributed by atoms with van der Waals surface area (Å²) in [5, 5.41) is 12.7. The van der Waals surface area contributed by atoms with Crippen molar-refractivity contribution in [1.29, 1.82) is 5.26 Å². The van der Waals surface area contributed by atoms with Gasteiger partial charge in [-0.2, -0.15) is 5.26 Å². The zero-order valence-electron chi connectivity index (χ0n) is 11.7. The van der Waals surface area contributed by atoms with Crippen molar-refractivity contribution in [2.24, 2.45) is 0 Å². The third kappa shape index (κ3) is 3.97. The number of amides is 1. The molecule has 5 nitrogen and oxygen atoms in total. The van der Waals surface area contributed by atoms with Crippen molar-refractivity contribution in [3.05, 3.63) is 40.6 Å². The van der Waals surface area contributed by atoms with Crippen LogP contribution in [0.3, 0.4) is 0 Å². The maximum atomic E-state index is 12.2. The Kier molecular flexibility index (Phi) is 5.20. The van der Waals surface area contributed by atoms with Crippen LogP contribution in [0.5, 0.6) is 0 Å². The van der Waals surface area contributed by atoms with Crippen molar-refractivity contribution >= 4 is 23.2 Å². The highest BCUT2D eigenvalue weighted by Crippen LogP contribution is 2.20. The van der Waals surface area contributed by atoms with E-state index in [4.69, 9.17) is 21.6 Å². The maximum absolute atomic E-state index is 12.2. The Hall–Kier alpha value is -2.03. The minimum absolute atomic E-state index is 0.0660. The van der Waals surface area contributed by atoms with Crippen LogP contribution in [-0.4, -0.2) is 37.1 Å². The molecule has 1 fully saturated rings. The third-order valence-electron chi connectivity index (χ3n) is 3.22. The molecule has 21 heavy (non-hydrogen) atoms. The zero-order chi connectivity index (χ0) is 15.2. The number of rotatable bonds is 3. The van der Waals surface area contributed by atoms with E-state index in [2.05, 4.69) is 5.32 Å². The first kappa shape index (κ1) is 15.4. The zero-order valence-corrected chi connectivity index (χ0v) is 12.5. The Labute approximate surface area is 128 Å². The summed E-state index contributed by atoms with van der Waals surface area (Å²) >= 11 is 5.94. The number of nitriles is 1. The average molecular weight is 306 g/mol. The van der Waals surface area contributed by atoms with Crippen LogP contribution >= 0.6 is 11.6 Å². The Bertz CT molecular complexity index is 601. The van der Waals surface area contributed by atoms with Crippen LogP contribution in [0.2, 0.25) is 5.02 Å². The summed E-state index contributed by atoms with van der Waals surface area (Å²) < 4.78 is 5.19. The molecule has 6 heteroatoms. The molecular weight excluding hydrogens is 290 g/mol. The molecule has 1 aromatic carbocycles. The van der Waals surface area contributed by atoms with Crippen molar-refractivity contribution in [2.45, 2.75) is 6.92 Å². The number of benzene rings is 1. The molecular formula is C15H16ClN3O2. The Morgan fingerprint density at radius 2 is 2.19 bits per heavy atom. The molecule has 0 radical (unpaired) electrons. The summed E-state index contributed by atoms with van der Waals surface area (Å²) in [6.07, 6.45) is 1.43. The normalized spacial score (nSPS) is 15.5. The first-order valence-corrected chi connectivity index (χ1v) is 6.99. The summed E-state index contributed by atoms with van der Waals surface area (Å²) in [7, 11) is 0. The molecule has 1 aliphatic heterocycles. The Morgan fingerprint density at radius 1 is 1.48 bits per heavy atom. The standard InChI is InChI=1S/C15H16ClN3O2/c1-11-2-3-13(16)8-14(11)18-10-12(9-17)15(20)19-4-6-21-7-5-19/h2-3,8,10,18H,4-7H2,1H3/b12-10-. The molecule has 110 valence electrons. The lowest BCUT2D eigenvalue weighted by Gasteiger charge is -2.26. The summed E-state index contributed by atoms with van der Waals surface area (Å²) in [5.41, 5.74) is 1.81. The Balaban J connectivity index is 2.11. The van der Waals surface area contributed by atoms with Crippen LogP contribution < -0.4 is 5.32 Å². The van der Waals surface area contributed by atoms with E-state index in [0.29, 0.717) is 31.3 Å². The molecule has 0 atom stereocenters. The molecule has 0 spiro atoms. The van der Waals surface area contributed by atoms with Crippen LogP contribution in [0.15, 0.2) is 30.0 Å². The second-order valence-corrected chi connectivity index (χ2v) is 5.11. The van der Waals surface area contributed by atoms with E-state index in [9.17, 15) is 4.79 Å². The van der Waals surface area contributed by atoms with Gasteiger partial charge in [-0.15, -0.1) is 0 Å². The van der Waals surface area contributed by atoms with Gasteiger partial charge in [-0.3, -0.25) is 4.79 Å². The van der Waals surface area contributed by atoms with Crippen molar-refractivity contribution in [1.82, 2.24) is 4.90 Å². The van der Waals surface area contributed by atoms with Crippen molar-refractivity contribution in [3.8, 4) is 6.07 Å². The summed E-state index contributed by atoms with van der Waals surface area (Å²) in [4.78, 5) is 13.8. The predicted molar refractivity (Wildman–Crippen MR) is 80.9 cm³/mol. The number of hydrogen-bond acceptors (Lipinski definition) is 4. The van der Waals surface area contributed by atoms with Gasteiger partial charge >= 0.3 is 0 Å². The molecule has 1 amide bonds. The van der Waals surface area contributed by atoms with Gasteiger partial charge in [0.15, 0.2) is 0 Å². The average Bonchev–Trinajstić information content (AvgIpc) is 2.51. The van der Waals surface area contributed by atoms with Crippen LogP contribution in [0.25, 0.3) is 0 Å². The lowest BCUT2D eigenvalue weighted by molar-refractivity contribution is -0.130. The summed E-state index contributed by atoms with van der Waals surface area (Å²) in [6.45, 7) is 3.95. The molecule has 1 aromatic rings. The molecule has 0 unspecified atom stereocenters. The van der Waals surface area contributed by atoms with Crippen LogP contribution in [-0.2, 0) is 9.53 Å². The third-order valence-corrected chi connectivity index (χ3v) is 3.46. The van der Waals surface area contributed by atoms with Crippen molar-refractivity contribution in [2.75, 3.05) is 31.6 Å². The van der Waals surface area contributed by atoms with Gasteiger partial charge in [-0.1, -0.05) is 17.7 Å². The lowest BCUT2D eigenvalue weighted by atomic mass is 10.2. The van der Waals surface area contributed by atoms with Gasteiger partial charge < -0.3 is 15.0 Å². The fourth-order valence-electron chi connectivity index (χ4n) is 1.98. The lowest BCUT2D eigenvalue weighted by Crippen LogP contribution is -2.41. The van der Waals surface area contributed by atoms with Crippen LogP contribution in [0.1, 0.15) is 5.56 Å². The molecule has 0 saturated carbocycles. The summed E-state index contributed by atoms with van der Waals surface area (Å²) in [6, 6.07) is 7.35. The highest BCUT2D eigenvalue weighted by molar-refractivity contribution is 6.30. The van der Waals surface area contributed by atoms with Gasteiger partial charge in [0.2, 0.25) is 0 Å². The first-order chi connectivity index (χ1) is 10.1. The molecule has 1 aliphatic rings. The highest BCUT2D eigenvalue weighted by Gasteiger charge is 2.20. The molecule has 0 bridgehead atoms. The van der Waals surface area contributed by atoms with Gasteiger partial charge in [0, 0.05) is 30.0 Å². The number of carbonyl (C=O) groups excluding carboxylic acids is 1. The van der Waals surface area contributed by atoms with Gasteiger partial charge in [-0.25, -0.2) is 0 Å². The monoisotopic (exact) mass is 305 g/mol. The second-order valence-electron chi connectivity index (χ2n) is 4.68. The van der Waals surface area contributed by atoms with E-state index in [1.807, 2.05) is 19.1 Å². The number of aryl methyl sites for hydroxylation is 1. The number of nitrogens with zero attached hydrogens (tertiary/aromatic N) is 2. The van der Waals surface area contributed by atoms with Gasteiger partial charge in [0.05, 0.1) is 13.2 Å². The van der Waals surface area contributed by atoms with Crippen LogP contribution in [0, 0.1) is 18.3 Å². The van der Waals surface area contributed by atoms with Crippen molar-refractivity contribution in [3.63, 3.8) is 0 Å². The molecule has 2 rings (SSSR count). The second kappa shape index (κ2) is 7.11. The highest BCUT2D eigenvalue weighted by atomic mass is 35.5. The maximum Gasteiger partial charge on any atom is 0.266 e. The van der Waals surface area contributed by atoms with Gasteiger partial charge in [0.1, 0.15) is 11.6 Å². The number of halogens is 1. The fraction of sp³-hybridized carbons (Fsp3) is 0.333. The largest absolute Gasteiger partial charge is 0.378 e. The Morgan fingerprint density at radius 3 is 2.86 bits per heavy atom. The molecule has 1 heterocycles. The fourth-order valence-corrected chi connectivity index (χ4v) is 2.15. The van der Waals surface area contributed by atoms with Crippen molar-refractivity contribution < 1.29 is 9.53 Å². The smallest absolute Gasteiger partial charge is 0.266 e. The van der Waals surface area contributed by atoms with E-state index >= 15 is 0 Å². The minimum atomic E-state index is -0.284. The molecule has 0 aromatic heterocycles. The molecule has 1 saturated heterocycles. The number of morpholine rings is 1. The van der Waals surface area contributed by atoms with E-state index in [1.54, 1.807) is 17.0 Å². The number of hydrogen-bond donors (Lipinski definition) is 1. The van der Waals surface area contributed by atoms with E-state index in [0.717, 1.165) is 11.3 Å². The van der Waals surface area contributed by atoms with E-state index in [-0.39, 0.29) is 11.5 Å². The van der Waals surface area contributed by atoms with E-state index in [1.165, 1.54) is 6.20 Å². The molecule has 0 aliphatic carbocycles. The van der Waals surface area contributed by atoms with Crippen LogP contribution in [0.4, 0.5) is 5.69 Å². The quantitative estimate of drug-likeness (QED) is 0.687. The topological polar surface area (TPSA) is 65.4 Å². The van der Waals surface area contributed by atoms with E-state index < -0.39 is 0 Å². The number of anilines is 1. The number of nitrogens with one attached hydrogen (secondary N) is 1. The predicted octanol–water partition coefficient (Wildman–Crippen LogP) is 2.33. The van der Waals surface area contributed by atoms with Gasteiger partial charge in [-0.05, 0) is 24.6 Å². The molecule has 1 N–H and O–H groups in total. The number of carbonyl (C=O) groups is 1. The summed E-state index contributed by atoms with van der Waals surface area (Å²) in [5.74, 6) is -0.284. The first-order valence-electron chi connectivity index (χ1n) is 6.62. The SMILES string of the molecule is Cc1ccc(Cl)cc1N/C=C(/C#N)C(=O)N1CCOCC1.